The van der Waals surface area contributed by atoms with Crippen molar-refractivity contribution in [1.82, 2.24) is 0 Å². The number of hydrogen-bond acceptors (Lipinski definition) is 2. The van der Waals surface area contributed by atoms with Gasteiger partial charge in [-0.25, -0.2) is 0 Å². The van der Waals surface area contributed by atoms with Crippen molar-refractivity contribution in [1.29, 1.82) is 0 Å². The summed E-state index contributed by atoms with van der Waals surface area (Å²) in [6, 6.07) is 0. The van der Waals surface area contributed by atoms with E-state index in [0.29, 0.717) is 5.92 Å². The quantitative estimate of drug-likeness (QED) is 0.678. The number of hydrogen-bond donors (Lipinski definition) is 2. The fraction of sp³-hybridized carbons (Fsp3) is 1.00. The van der Waals surface area contributed by atoms with Crippen LogP contribution in [0.2, 0.25) is 0 Å². The molecular formula is C10H24N2. The van der Waals surface area contributed by atoms with Gasteiger partial charge in [-0.05, 0) is 38.1 Å². The highest BCUT2D eigenvalue weighted by Crippen LogP contribution is 2.34. The molecule has 74 valence electrons. The van der Waals surface area contributed by atoms with Crippen LogP contribution in [0.5, 0.6) is 0 Å². The van der Waals surface area contributed by atoms with Crippen molar-refractivity contribution in [3.63, 3.8) is 0 Å². The van der Waals surface area contributed by atoms with E-state index in [-0.39, 0.29) is 11.0 Å². The first-order chi connectivity index (χ1) is 5.20. The predicted octanol–water partition coefficient (Wildman–Crippen LogP) is 1.73. The van der Waals surface area contributed by atoms with Crippen LogP contribution in [-0.2, 0) is 0 Å². The molecular weight excluding hydrogens is 148 g/mol. The minimum Gasteiger partial charge on any atom is -0.330 e. The van der Waals surface area contributed by atoms with Crippen LogP contribution in [-0.4, -0.2) is 12.1 Å². The first kappa shape index (κ1) is 11.9. The highest BCUT2D eigenvalue weighted by Gasteiger charge is 2.34. The van der Waals surface area contributed by atoms with Gasteiger partial charge in [-0.3, -0.25) is 0 Å². The summed E-state index contributed by atoms with van der Waals surface area (Å²) in [6.45, 7) is 11.5. The Bertz CT molecular complexity index is 133. The van der Waals surface area contributed by atoms with E-state index < -0.39 is 0 Å². The van der Waals surface area contributed by atoms with E-state index in [2.05, 4.69) is 34.6 Å². The van der Waals surface area contributed by atoms with Crippen LogP contribution in [0.15, 0.2) is 0 Å². The molecule has 0 fully saturated rings. The summed E-state index contributed by atoms with van der Waals surface area (Å²) in [4.78, 5) is 0. The van der Waals surface area contributed by atoms with E-state index in [1.165, 1.54) is 0 Å². The molecule has 0 saturated heterocycles. The summed E-state index contributed by atoms with van der Waals surface area (Å²) in [5.74, 6) is 0.558. The minimum absolute atomic E-state index is 0.129. The Kier molecular flexibility index (Phi) is 3.73. The molecule has 0 heterocycles. The van der Waals surface area contributed by atoms with Gasteiger partial charge in [0.25, 0.3) is 0 Å². The maximum absolute atomic E-state index is 6.08. The van der Waals surface area contributed by atoms with Crippen molar-refractivity contribution in [3.05, 3.63) is 0 Å². The first-order valence-corrected chi connectivity index (χ1v) is 4.69. The second-order valence-electron chi connectivity index (χ2n) is 5.15. The van der Waals surface area contributed by atoms with Crippen LogP contribution in [0, 0.1) is 11.3 Å². The van der Waals surface area contributed by atoms with Crippen molar-refractivity contribution >= 4 is 0 Å². The molecule has 0 radical (unpaired) electrons. The molecule has 0 aliphatic heterocycles. The molecule has 0 rings (SSSR count). The molecule has 4 N–H and O–H groups in total. The van der Waals surface area contributed by atoms with Crippen LogP contribution in [0.4, 0.5) is 0 Å². The minimum atomic E-state index is -0.129. The van der Waals surface area contributed by atoms with Gasteiger partial charge in [-0.1, -0.05) is 20.8 Å². The molecule has 2 heteroatoms. The van der Waals surface area contributed by atoms with Crippen molar-refractivity contribution in [2.75, 3.05) is 6.54 Å². The lowest BCUT2D eigenvalue weighted by atomic mass is 9.70. The molecule has 0 aromatic carbocycles. The lowest BCUT2D eigenvalue weighted by Gasteiger charge is -2.40. The van der Waals surface area contributed by atoms with E-state index >= 15 is 0 Å². The lowest BCUT2D eigenvalue weighted by Crippen LogP contribution is -2.48. The number of rotatable bonds is 4. The second kappa shape index (κ2) is 3.75. The van der Waals surface area contributed by atoms with Gasteiger partial charge in [0, 0.05) is 5.54 Å². The van der Waals surface area contributed by atoms with Gasteiger partial charge in [0.1, 0.15) is 0 Å². The molecule has 1 unspecified atom stereocenters. The monoisotopic (exact) mass is 172 g/mol. The standard InChI is InChI=1S/C10H24N2/c1-8(7-11)6-9(2,3)10(4,5)12/h8H,6-7,11-12H2,1-5H3. The maximum atomic E-state index is 6.08. The molecule has 0 spiro atoms. The molecule has 0 aliphatic rings. The van der Waals surface area contributed by atoms with E-state index in [1.807, 2.05) is 0 Å². The summed E-state index contributed by atoms with van der Waals surface area (Å²) in [5, 5.41) is 0. The third-order valence-corrected chi connectivity index (χ3v) is 3.01. The summed E-state index contributed by atoms with van der Waals surface area (Å²) in [6.07, 6.45) is 1.09. The van der Waals surface area contributed by atoms with Crippen molar-refractivity contribution < 1.29 is 0 Å². The molecule has 2 nitrogen and oxygen atoms in total. The molecule has 0 aromatic heterocycles. The van der Waals surface area contributed by atoms with Crippen LogP contribution >= 0.6 is 0 Å². The second-order valence-corrected chi connectivity index (χ2v) is 5.15. The zero-order chi connectivity index (χ0) is 9.99. The number of nitrogens with two attached hydrogens (primary N) is 2. The van der Waals surface area contributed by atoms with Gasteiger partial charge < -0.3 is 11.5 Å². The van der Waals surface area contributed by atoms with Crippen molar-refractivity contribution in [3.8, 4) is 0 Å². The zero-order valence-corrected chi connectivity index (χ0v) is 9.15. The van der Waals surface area contributed by atoms with Crippen LogP contribution < -0.4 is 11.5 Å². The van der Waals surface area contributed by atoms with Gasteiger partial charge in [-0.2, -0.15) is 0 Å². The molecule has 0 saturated carbocycles. The topological polar surface area (TPSA) is 52.0 Å². The maximum Gasteiger partial charge on any atom is 0.0149 e. The summed E-state index contributed by atoms with van der Waals surface area (Å²) < 4.78 is 0. The smallest absolute Gasteiger partial charge is 0.0149 e. The Hall–Kier alpha value is -0.0800. The molecule has 0 aromatic rings. The highest BCUT2D eigenvalue weighted by molar-refractivity contribution is 4.90. The zero-order valence-electron chi connectivity index (χ0n) is 9.15. The first-order valence-electron chi connectivity index (χ1n) is 4.69. The molecule has 0 amide bonds. The SMILES string of the molecule is CC(CN)CC(C)(C)C(C)(C)N. The Morgan fingerprint density at radius 3 is 1.83 bits per heavy atom. The lowest BCUT2D eigenvalue weighted by molar-refractivity contribution is 0.160. The van der Waals surface area contributed by atoms with E-state index in [0.717, 1.165) is 13.0 Å². The van der Waals surface area contributed by atoms with Crippen LogP contribution in [0.25, 0.3) is 0 Å². The third kappa shape index (κ3) is 3.11. The Morgan fingerprint density at radius 2 is 1.58 bits per heavy atom. The Balaban J connectivity index is 4.22. The third-order valence-electron chi connectivity index (χ3n) is 3.01. The van der Waals surface area contributed by atoms with E-state index in [4.69, 9.17) is 11.5 Å². The van der Waals surface area contributed by atoms with Gasteiger partial charge in [-0.15, -0.1) is 0 Å². The van der Waals surface area contributed by atoms with E-state index in [1.54, 1.807) is 0 Å². The highest BCUT2D eigenvalue weighted by atomic mass is 14.8. The normalized spacial score (nSPS) is 16.2. The average molecular weight is 172 g/mol. The summed E-state index contributed by atoms with van der Waals surface area (Å²) in [7, 11) is 0. The predicted molar refractivity (Wildman–Crippen MR) is 54.9 cm³/mol. The van der Waals surface area contributed by atoms with Gasteiger partial charge in [0.05, 0.1) is 0 Å². The van der Waals surface area contributed by atoms with Gasteiger partial charge >= 0.3 is 0 Å². The fourth-order valence-corrected chi connectivity index (χ4v) is 1.22. The van der Waals surface area contributed by atoms with Gasteiger partial charge in [0.15, 0.2) is 0 Å². The average Bonchev–Trinajstić information content (AvgIpc) is 1.84. The molecule has 0 bridgehead atoms. The Labute approximate surface area is 76.7 Å². The molecule has 12 heavy (non-hydrogen) atoms. The van der Waals surface area contributed by atoms with Crippen LogP contribution in [0.3, 0.4) is 0 Å². The largest absolute Gasteiger partial charge is 0.330 e. The van der Waals surface area contributed by atoms with Gasteiger partial charge in [0.2, 0.25) is 0 Å². The molecule has 0 aliphatic carbocycles. The van der Waals surface area contributed by atoms with Crippen molar-refractivity contribution in [2.24, 2.45) is 22.8 Å². The van der Waals surface area contributed by atoms with E-state index in [9.17, 15) is 0 Å². The Morgan fingerprint density at radius 1 is 1.17 bits per heavy atom. The van der Waals surface area contributed by atoms with Crippen LogP contribution in [0.1, 0.15) is 41.0 Å². The summed E-state index contributed by atoms with van der Waals surface area (Å²) >= 11 is 0. The fourth-order valence-electron chi connectivity index (χ4n) is 1.22. The summed E-state index contributed by atoms with van der Waals surface area (Å²) in [5.41, 5.74) is 11.7. The molecule has 1 atom stereocenters. The van der Waals surface area contributed by atoms with Crippen molar-refractivity contribution in [2.45, 2.75) is 46.6 Å².